The van der Waals surface area contributed by atoms with E-state index in [1.165, 1.54) is 0 Å². The lowest BCUT2D eigenvalue weighted by Crippen LogP contribution is -2.18. The van der Waals surface area contributed by atoms with Crippen molar-refractivity contribution in [2.75, 3.05) is 6.61 Å². The minimum absolute atomic E-state index is 0.0480. The Morgan fingerprint density at radius 1 is 1.40 bits per heavy atom. The largest absolute Gasteiger partial charge is 0.479 e. The highest BCUT2D eigenvalue weighted by Gasteiger charge is 2.10. The third-order valence-electron chi connectivity index (χ3n) is 1.17. The third-order valence-corrected chi connectivity index (χ3v) is 1.17. The fourth-order valence-electron chi connectivity index (χ4n) is 0.573. The molecule has 10 heavy (non-hydrogen) atoms. The molecule has 1 unspecified atom stereocenters. The highest BCUT2D eigenvalue weighted by molar-refractivity contribution is 5.71. The molecule has 3 N–H and O–H groups in total. The van der Waals surface area contributed by atoms with E-state index in [0.29, 0.717) is 12.8 Å². The number of unbranched alkanes of at least 4 members (excludes halogenated alkanes) is 1. The summed E-state index contributed by atoms with van der Waals surface area (Å²) in [5, 5.41) is 25.1. The SMILES string of the molecule is O=C(O)C(O)CCCCO. The molecular formula is C6H12O4. The summed E-state index contributed by atoms with van der Waals surface area (Å²) in [6.45, 7) is 0.0480. The molecule has 4 heteroatoms. The maximum atomic E-state index is 9.98. The lowest BCUT2D eigenvalue weighted by atomic mass is 10.1. The van der Waals surface area contributed by atoms with Gasteiger partial charge in [-0.3, -0.25) is 0 Å². The number of carbonyl (C=O) groups is 1. The van der Waals surface area contributed by atoms with Crippen molar-refractivity contribution in [3.8, 4) is 0 Å². The maximum absolute atomic E-state index is 9.98. The van der Waals surface area contributed by atoms with Crippen LogP contribution in [0.2, 0.25) is 0 Å². The van der Waals surface area contributed by atoms with Crippen LogP contribution in [0.3, 0.4) is 0 Å². The molecule has 0 aromatic heterocycles. The molecule has 0 saturated heterocycles. The van der Waals surface area contributed by atoms with Crippen LogP contribution in [0.5, 0.6) is 0 Å². The van der Waals surface area contributed by atoms with Crippen molar-refractivity contribution in [1.82, 2.24) is 0 Å². The molecule has 60 valence electrons. The molecule has 1 atom stereocenters. The molecule has 0 rings (SSSR count). The van der Waals surface area contributed by atoms with Crippen molar-refractivity contribution in [1.29, 1.82) is 0 Å². The second kappa shape index (κ2) is 5.20. The van der Waals surface area contributed by atoms with E-state index < -0.39 is 12.1 Å². The summed E-state index contributed by atoms with van der Waals surface area (Å²) in [4.78, 5) is 9.98. The lowest BCUT2D eigenvalue weighted by Gasteiger charge is -2.02. The molecule has 4 nitrogen and oxygen atoms in total. The van der Waals surface area contributed by atoms with Gasteiger partial charge in [-0.25, -0.2) is 4.79 Å². The summed E-state index contributed by atoms with van der Waals surface area (Å²) < 4.78 is 0. The molecule has 0 aliphatic heterocycles. The smallest absolute Gasteiger partial charge is 0.332 e. The van der Waals surface area contributed by atoms with Gasteiger partial charge in [-0.2, -0.15) is 0 Å². The van der Waals surface area contributed by atoms with E-state index in [1.54, 1.807) is 0 Å². The molecule has 0 aromatic rings. The minimum atomic E-state index is -1.27. The number of hydrogen-bond donors (Lipinski definition) is 3. The summed E-state index contributed by atoms with van der Waals surface area (Å²) in [5.74, 6) is -1.20. The average Bonchev–Trinajstić information content (AvgIpc) is 1.88. The van der Waals surface area contributed by atoms with Gasteiger partial charge in [-0.15, -0.1) is 0 Å². The quantitative estimate of drug-likeness (QED) is 0.463. The third kappa shape index (κ3) is 4.29. The van der Waals surface area contributed by atoms with Crippen molar-refractivity contribution < 1.29 is 20.1 Å². The number of rotatable bonds is 5. The number of aliphatic hydroxyl groups is 2. The highest BCUT2D eigenvalue weighted by Crippen LogP contribution is 1.99. The van der Waals surface area contributed by atoms with Gasteiger partial charge in [-0.1, -0.05) is 0 Å². The molecule has 0 fully saturated rings. The second-order valence-electron chi connectivity index (χ2n) is 2.07. The summed E-state index contributed by atoms with van der Waals surface area (Å²) in [7, 11) is 0. The molecule has 0 heterocycles. The number of carboxylic acid groups (broad SMARTS) is 1. The first-order chi connectivity index (χ1) is 4.68. The Bertz CT molecular complexity index is 102. The van der Waals surface area contributed by atoms with Crippen LogP contribution in [-0.4, -0.2) is 34.0 Å². The Morgan fingerprint density at radius 2 is 2.00 bits per heavy atom. The van der Waals surface area contributed by atoms with Gasteiger partial charge in [-0.05, 0) is 19.3 Å². The van der Waals surface area contributed by atoms with Crippen LogP contribution in [0.25, 0.3) is 0 Å². The van der Waals surface area contributed by atoms with Crippen LogP contribution in [0.1, 0.15) is 19.3 Å². The molecule has 0 aliphatic carbocycles. The van der Waals surface area contributed by atoms with Gasteiger partial charge in [0.1, 0.15) is 0 Å². The van der Waals surface area contributed by atoms with E-state index in [2.05, 4.69) is 0 Å². The van der Waals surface area contributed by atoms with E-state index >= 15 is 0 Å². The minimum Gasteiger partial charge on any atom is -0.479 e. The molecule has 0 aromatic carbocycles. The molecule has 0 aliphatic rings. The Hall–Kier alpha value is -0.610. The van der Waals surface area contributed by atoms with E-state index in [0.717, 1.165) is 0 Å². The lowest BCUT2D eigenvalue weighted by molar-refractivity contribution is -0.147. The van der Waals surface area contributed by atoms with Crippen LogP contribution in [-0.2, 0) is 4.79 Å². The summed E-state index contributed by atoms with van der Waals surface area (Å²) >= 11 is 0. The molecule has 0 saturated carbocycles. The zero-order valence-corrected chi connectivity index (χ0v) is 5.66. The second-order valence-corrected chi connectivity index (χ2v) is 2.07. The van der Waals surface area contributed by atoms with Crippen molar-refractivity contribution in [3.63, 3.8) is 0 Å². The molecule has 0 radical (unpaired) electrons. The normalized spacial score (nSPS) is 13.0. The number of aliphatic carboxylic acids is 1. The monoisotopic (exact) mass is 148 g/mol. The van der Waals surface area contributed by atoms with Gasteiger partial charge in [0.05, 0.1) is 0 Å². The predicted molar refractivity (Wildman–Crippen MR) is 34.6 cm³/mol. The van der Waals surface area contributed by atoms with Gasteiger partial charge in [0.2, 0.25) is 0 Å². The van der Waals surface area contributed by atoms with E-state index in [4.69, 9.17) is 15.3 Å². The Labute approximate surface area is 59.1 Å². The summed E-state index contributed by atoms with van der Waals surface area (Å²) in [5.41, 5.74) is 0. The van der Waals surface area contributed by atoms with Gasteiger partial charge in [0.15, 0.2) is 6.10 Å². The molecule has 0 spiro atoms. The molecule has 0 amide bonds. The summed E-state index contributed by atoms with van der Waals surface area (Å²) in [6, 6.07) is 0. The first-order valence-electron chi connectivity index (χ1n) is 3.20. The van der Waals surface area contributed by atoms with Crippen LogP contribution in [0, 0.1) is 0 Å². The van der Waals surface area contributed by atoms with Gasteiger partial charge in [0, 0.05) is 6.61 Å². The van der Waals surface area contributed by atoms with Gasteiger partial charge < -0.3 is 15.3 Å². The maximum Gasteiger partial charge on any atom is 0.332 e. The van der Waals surface area contributed by atoms with Crippen molar-refractivity contribution in [3.05, 3.63) is 0 Å². The fourth-order valence-corrected chi connectivity index (χ4v) is 0.573. The van der Waals surface area contributed by atoms with Crippen LogP contribution < -0.4 is 0 Å². The van der Waals surface area contributed by atoms with Crippen molar-refractivity contribution in [2.45, 2.75) is 25.4 Å². The van der Waals surface area contributed by atoms with E-state index in [1.807, 2.05) is 0 Å². The predicted octanol–water partition coefficient (Wildman–Crippen LogP) is -0.406. The van der Waals surface area contributed by atoms with Gasteiger partial charge >= 0.3 is 5.97 Å². The first kappa shape index (κ1) is 9.39. The topological polar surface area (TPSA) is 77.8 Å². The van der Waals surface area contributed by atoms with Crippen molar-refractivity contribution >= 4 is 5.97 Å². The number of carboxylic acids is 1. The Balaban J connectivity index is 3.21. The Kier molecular flexibility index (Phi) is 4.88. The van der Waals surface area contributed by atoms with E-state index in [9.17, 15) is 4.79 Å². The molecular weight excluding hydrogens is 136 g/mol. The Morgan fingerprint density at radius 3 is 2.40 bits per heavy atom. The van der Waals surface area contributed by atoms with Gasteiger partial charge in [0.25, 0.3) is 0 Å². The zero-order valence-electron chi connectivity index (χ0n) is 5.66. The summed E-state index contributed by atoms with van der Waals surface area (Å²) in [6.07, 6.45) is 0.0380. The number of aliphatic hydroxyl groups excluding tert-OH is 2. The van der Waals surface area contributed by atoms with Crippen LogP contribution in [0.4, 0.5) is 0 Å². The van der Waals surface area contributed by atoms with Crippen LogP contribution in [0.15, 0.2) is 0 Å². The fraction of sp³-hybridized carbons (Fsp3) is 0.833. The highest BCUT2D eigenvalue weighted by atomic mass is 16.4. The number of hydrogen-bond acceptors (Lipinski definition) is 3. The molecule has 0 bridgehead atoms. The van der Waals surface area contributed by atoms with E-state index in [-0.39, 0.29) is 13.0 Å². The van der Waals surface area contributed by atoms with Crippen LogP contribution >= 0.6 is 0 Å². The average molecular weight is 148 g/mol. The zero-order chi connectivity index (χ0) is 7.98. The van der Waals surface area contributed by atoms with Crippen molar-refractivity contribution in [2.24, 2.45) is 0 Å². The first-order valence-corrected chi connectivity index (χ1v) is 3.20. The standard InChI is InChI=1S/C6H12O4/c7-4-2-1-3-5(8)6(9)10/h5,7-8H,1-4H2,(H,9,10).